The van der Waals surface area contributed by atoms with Crippen LogP contribution in [-0.4, -0.2) is 0 Å². The highest BCUT2D eigenvalue weighted by Crippen LogP contribution is 2.51. The minimum absolute atomic E-state index is 0. The molecule has 7 fully saturated rings. The Bertz CT molecular complexity index is 1070. The van der Waals surface area contributed by atoms with Crippen molar-refractivity contribution in [2.75, 3.05) is 0 Å². The zero-order valence-electron chi connectivity index (χ0n) is 62.8. The van der Waals surface area contributed by atoms with E-state index in [0.29, 0.717) is 16.2 Å². The first-order valence-electron chi connectivity index (χ1n) is 35.6. The molecule has 584 valence electrons. The van der Waals surface area contributed by atoms with Crippen LogP contribution in [0.15, 0.2) is 0 Å². The first kappa shape index (κ1) is 142. The van der Waals surface area contributed by atoms with Gasteiger partial charge in [-0.1, -0.05) is 442 Å². The topological polar surface area (TPSA) is 0 Å². The lowest BCUT2D eigenvalue weighted by Crippen LogP contribution is -2.00. The quantitative estimate of drug-likeness (QED) is 0.172. The first-order chi connectivity index (χ1) is 35.6. The minimum atomic E-state index is 0. The van der Waals surface area contributed by atoms with Crippen LogP contribution in [0.3, 0.4) is 0 Å². The Kier molecular flexibility index (Phi) is 123. The van der Waals surface area contributed by atoms with Crippen LogP contribution in [0.5, 0.6) is 0 Å². The third-order valence-corrected chi connectivity index (χ3v) is 19.6. The van der Waals surface area contributed by atoms with E-state index in [-0.39, 0.29) is 96.5 Å². The number of hydrogen-bond acceptors (Lipinski definition) is 0. The first-order valence-corrected chi connectivity index (χ1v) is 35.6. The third-order valence-electron chi connectivity index (χ3n) is 19.6. The van der Waals surface area contributed by atoms with E-state index >= 15 is 0 Å². The third kappa shape index (κ3) is 121. The van der Waals surface area contributed by atoms with Crippen LogP contribution in [0.1, 0.15) is 493 Å². The molecule has 7 saturated carbocycles. The van der Waals surface area contributed by atoms with E-state index in [1.807, 2.05) is 0 Å². The fourth-order valence-electron chi connectivity index (χ4n) is 6.76. The highest BCUT2D eigenvalue weighted by Gasteiger charge is 2.41. The highest BCUT2D eigenvalue weighted by atomic mass is 14.5. The molecule has 0 heterocycles. The van der Waals surface area contributed by atoms with Crippen molar-refractivity contribution >= 4 is 0 Å². The Hall–Kier alpha value is 0. The van der Waals surface area contributed by atoms with Gasteiger partial charge in [0.1, 0.15) is 0 Å². The van der Waals surface area contributed by atoms with Crippen molar-refractivity contribution in [3.63, 3.8) is 0 Å². The molecule has 0 amide bonds. The van der Waals surface area contributed by atoms with Gasteiger partial charge >= 0.3 is 0 Å². The smallest absolute Gasteiger partial charge is 0.0326 e. The van der Waals surface area contributed by atoms with E-state index in [1.165, 1.54) is 148 Å². The van der Waals surface area contributed by atoms with E-state index in [0.717, 1.165) is 93.7 Å². The molecule has 0 bridgehead atoms. The average molecular weight is 1310 g/mol. The summed E-state index contributed by atoms with van der Waals surface area (Å²) in [5.74, 6) is 13.9. The SMILES string of the molecule is C.C.C.C.C.C.C.C.C.C.C.C.C.CC(C)C(C)C.CC(C)C1CC1.CC1C(C)C1C.CCC(C)(C)C.CCC(C)(C)C.CCC(C)CC.CCC1(C)CC1.CCC1(C)CC1.CCC1C[C@@H]1C.CCCC(C)C.CCCC(C)C.CCCC1CC1.C[C@H]1CC1(C)C. The van der Waals surface area contributed by atoms with Gasteiger partial charge in [-0.15, -0.1) is 0 Å². The predicted molar refractivity (Wildman–Crippen MR) is 459 cm³/mol. The summed E-state index contributed by atoms with van der Waals surface area (Å²) in [5.41, 5.74) is 3.38. The summed E-state index contributed by atoms with van der Waals surface area (Å²) in [6.07, 6.45) is 32.5. The van der Waals surface area contributed by atoms with Crippen molar-refractivity contribution in [3.05, 3.63) is 0 Å². The Labute approximate surface area is 600 Å². The van der Waals surface area contributed by atoms with E-state index in [2.05, 4.69) is 249 Å². The van der Waals surface area contributed by atoms with Crippen LogP contribution < -0.4 is 0 Å². The second-order valence-corrected chi connectivity index (χ2v) is 32.8. The molecule has 91 heavy (non-hydrogen) atoms. The molecule has 0 N–H and O–H groups in total. The summed E-state index contributed by atoms with van der Waals surface area (Å²) >= 11 is 0. The Balaban J connectivity index is -0.0000000359. The van der Waals surface area contributed by atoms with Gasteiger partial charge in [0, 0.05) is 0 Å². The zero-order valence-corrected chi connectivity index (χ0v) is 62.8. The maximum absolute atomic E-state index is 2.35. The number of hydrogen-bond donors (Lipinski definition) is 0. The molecule has 0 aromatic carbocycles. The Morgan fingerprint density at radius 3 is 0.659 bits per heavy atom. The van der Waals surface area contributed by atoms with E-state index in [1.54, 1.807) is 0 Å². The fraction of sp³-hybridized carbons (Fsp3) is 1.00. The standard InChI is InChI=1S/7C6H12.6C6H14.13CH4/c1-5-4-6(5,2)3;1-5(2)6-3-4-6;1-4-5(2)6(4)3;2*1-3-6(2)4-5-6;1-3-6-4-5(6)2;1-2-3-6-4-5-6;2*1-5-6(2,3)4;1-5(2)6(3)4;2*1-4-5-6(2)3;1-4-6(3)5-2;;;;;;;;;;;;;/h5H,4H2,1-3H3;5-6H,3-4H2,1-2H3;4-6H,1-3H3;2*3-5H2,1-2H3;5-6H,3-4H2,1-2H3;6H,2-5H2,1H3;2*5H2,1-4H3;5-6H,1-4H3;3*6H,4-5H2,1-3H3;13*1H4/t5-;;;;;5-,6?;;;;;;;;;;;;;;;;;;;;/m0....0..................../s1. The molecular weight excluding hydrogens is 1090 g/mol. The molecule has 0 heteroatoms. The summed E-state index contributed by atoms with van der Waals surface area (Å²) in [5, 5.41) is 0. The summed E-state index contributed by atoms with van der Waals surface area (Å²) < 4.78 is 0. The predicted octanol–water partition coefficient (Wildman–Crippen LogP) is 37.4. The Morgan fingerprint density at radius 2 is 0.648 bits per heavy atom. The maximum atomic E-state index is 2.35. The van der Waals surface area contributed by atoms with Gasteiger partial charge in [0.25, 0.3) is 0 Å². The lowest BCUT2D eigenvalue weighted by atomic mass is 9.94. The lowest BCUT2D eigenvalue weighted by molar-refractivity contribution is 0.397. The van der Waals surface area contributed by atoms with Gasteiger partial charge in [0.05, 0.1) is 0 Å². The van der Waals surface area contributed by atoms with Crippen molar-refractivity contribution < 1.29 is 0 Å². The van der Waals surface area contributed by atoms with Gasteiger partial charge in [0.15, 0.2) is 0 Å². The van der Waals surface area contributed by atoms with Gasteiger partial charge in [0.2, 0.25) is 0 Å². The summed E-state index contributed by atoms with van der Waals surface area (Å²) in [6, 6.07) is 0. The monoisotopic (exact) mass is 1310 g/mol. The van der Waals surface area contributed by atoms with Crippen molar-refractivity contribution in [3.8, 4) is 0 Å². The van der Waals surface area contributed by atoms with E-state index < -0.39 is 0 Å². The summed E-state index contributed by atoms with van der Waals surface area (Å²) in [6.45, 7) is 81.6. The molecule has 7 aliphatic rings. The molecule has 0 aliphatic heterocycles. The van der Waals surface area contributed by atoms with Crippen LogP contribution in [-0.2, 0) is 0 Å². The average Bonchev–Trinajstić information content (AvgIpc) is 4.14. The molecule has 0 radical (unpaired) electrons. The van der Waals surface area contributed by atoms with Crippen LogP contribution in [0.4, 0.5) is 0 Å². The molecule has 3 atom stereocenters. The molecular formula is C91H220. The molecule has 0 spiro atoms. The maximum Gasteiger partial charge on any atom is -0.0326 e. The molecule has 7 rings (SSSR count). The summed E-state index contributed by atoms with van der Waals surface area (Å²) in [7, 11) is 0. The minimum Gasteiger partial charge on any atom is -0.0776 e. The van der Waals surface area contributed by atoms with E-state index in [4.69, 9.17) is 0 Å². The van der Waals surface area contributed by atoms with Crippen LogP contribution >= 0.6 is 0 Å². The lowest BCUT2D eigenvalue weighted by Gasteiger charge is -2.12. The van der Waals surface area contributed by atoms with Crippen molar-refractivity contribution in [1.29, 1.82) is 0 Å². The van der Waals surface area contributed by atoms with Gasteiger partial charge in [-0.25, -0.2) is 0 Å². The van der Waals surface area contributed by atoms with Crippen molar-refractivity contribution in [2.24, 2.45) is 110 Å². The van der Waals surface area contributed by atoms with Crippen molar-refractivity contribution in [1.82, 2.24) is 0 Å². The zero-order chi connectivity index (χ0) is 62.8. The molecule has 7 aliphatic carbocycles. The molecule has 0 nitrogen and oxygen atoms in total. The Morgan fingerprint density at radius 1 is 0.407 bits per heavy atom. The van der Waals surface area contributed by atoms with Gasteiger partial charge in [-0.3, -0.25) is 0 Å². The normalized spacial score (nSPS) is 19.8. The van der Waals surface area contributed by atoms with Crippen molar-refractivity contribution in [2.45, 2.75) is 493 Å². The molecule has 0 aromatic rings. The summed E-state index contributed by atoms with van der Waals surface area (Å²) in [4.78, 5) is 0. The van der Waals surface area contributed by atoms with Gasteiger partial charge in [-0.05, 0) is 161 Å². The molecule has 1 unspecified atom stereocenters. The van der Waals surface area contributed by atoms with Crippen LogP contribution in [0.2, 0.25) is 0 Å². The molecule has 0 aromatic heterocycles. The van der Waals surface area contributed by atoms with E-state index in [9.17, 15) is 0 Å². The van der Waals surface area contributed by atoms with Gasteiger partial charge < -0.3 is 0 Å². The second-order valence-electron chi connectivity index (χ2n) is 32.8. The molecule has 0 saturated heterocycles. The van der Waals surface area contributed by atoms with Gasteiger partial charge in [-0.2, -0.15) is 0 Å². The fourth-order valence-corrected chi connectivity index (χ4v) is 6.76. The second kappa shape index (κ2) is 79.0. The van der Waals surface area contributed by atoms with Crippen LogP contribution in [0, 0.1) is 110 Å². The highest BCUT2D eigenvalue weighted by molar-refractivity contribution is 4.91. The van der Waals surface area contributed by atoms with Crippen LogP contribution in [0.25, 0.3) is 0 Å². The largest absolute Gasteiger partial charge is 0.0776 e. The number of rotatable bonds is 13.